The van der Waals surface area contributed by atoms with Gasteiger partial charge in [0.25, 0.3) is 0 Å². The Balaban J connectivity index is 1.43. The van der Waals surface area contributed by atoms with Crippen molar-refractivity contribution in [3.63, 3.8) is 0 Å². The van der Waals surface area contributed by atoms with Crippen molar-refractivity contribution in [3.05, 3.63) is 54.1 Å². The van der Waals surface area contributed by atoms with Crippen molar-refractivity contribution in [1.29, 1.82) is 0 Å². The number of nitrogens with zero attached hydrogens (tertiary/aromatic N) is 1. The summed E-state index contributed by atoms with van der Waals surface area (Å²) in [7, 11) is 0. The molecule has 1 aliphatic carbocycles. The van der Waals surface area contributed by atoms with E-state index in [4.69, 9.17) is 0 Å². The summed E-state index contributed by atoms with van der Waals surface area (Å²) >= 11 is 1.66. The molecular formula is C19H19N3OS. The highest BCUT2D eigenvalue weighted by Crippen LogP contribution is 2.31. The van der Waals surface area contributed by atoms with Gasteiger partial charge in [-0.1, -0.05) is 35.6 Å². The maximum atomic E-state index is 11.8. The summed E-state index contributed by atoms with van der Waals surface area (Å²) in [4.78, 5) is 16.4. The van der Waals surface area contributed by atoms with E-state index >= 15 is 0 Å². The Kier molecular flexibility index (Phi) is 3.94. The zero-order valence-electron chi connectivity index (χ0n) is 13.5. The molecule has 4 rings (SSSR count). The van der Waals surface area contributed by atoms with Crippen molar-refractivity contribution in [2.45, 2.75) is 25.8 Å². The van der Waals surface area contributed by atoms with Crippen LogP contribution in [0.2, 0.25) is 0 Å². The number of aromatic nitrogens is 1. The highest BCUT2D eigenvalue weighted by atomic mass is 32.1. The van der Waals surface area contributed by atoms with Crippen molar-refractivity contribution in [2.75, 3.05) is 10.6 Å². The second kappa shape index (κ2) is 6.24. The van der Waals surface area contributed by atoms with Gasteiger partial charge in [0.15, 0.2) is 5.13 Å². The lowest BCUT2D eigenvalue weighted by molar-refractivity contribution is -0.117. The Morgan fingerprint density at radius 2 is 1.92 bits per heavy atom. The Morgan fingerprint density at radius 3 is 2.62 bits per heavy atom. The van der Waals surface area contributed by atoms with Crippen LogP contribution in [0, 0.1) is 5.92 Å². The number of fused-ring (bicyclic) bond motifs is 1. The molecule has 1 unspecified atom stereocenters. The summed E-state index contributed by atoms with van der Waals surface area (Å²) < 4.78 is 1.19. The van der Waals surface area contributed by atoms with Crippen molar-refractivity contribution in [1.82, 2.24) is 4.98 Å². The van der Waals surface area contributed by atoms with E-state index in [-0.39, 0.29) is 17.9 Å². The Hall–Kier alpha value is -2.40. The minimum absolute atomic E-state index is 0.142. The van der Waals surface area contributed by atoms with Crippen LogP contribution in [-0.2, 0) is 4.79 Å². The molecule has 1 fully saturated rings. The standard InChI is InChI=1S/C19H19N3OS/c1-12(20-19-22-16-4-2-3-5-17(16)24-19)13-8-10-15(11-9-13)21-18(23)14-6-7-14/h2-5,8-12,14H,6-7H2,1H3,(H,20,22)(H,21,23). The Morgan fingerprint density at radius 1 is 1.17 bits per heavy atom. The first-order valence-electron chi connectivity index (χ1n) is 8.22. The van der Waals surface area contributed by atoms with Gasteiger partial charge >= 0.3 is 0 Å². The summed E-state index contributed by atoms with van der Waals surface area (Å²) in [5.74, 6) is 0.368. The predicted octanol–water partition coefficient (Wildman–Crippen LogP) is 4.82. The molecule has 0 aliphatic heterocycles. The van der Waals surface area contributed by atoms with Crippen LogP contribution in [0.4, 0.5) is 10.8 Å². The second-order valence-electron chi connectivity index (χ2n) is 6.24. The number of nitrogens with one attached hydrogen (secondary N) is 2. The number of anilines is 2. The summed E-state index contributed by atoms with van der Waals surface area (Å²) in [6.45, 7) is 2.11. The zero-order valence-corrected chi connectivity index (χ0v) is 14.3. The van der Waals surface area contributed by atoms with Gasteiger partial charge in [0.2, 0.25) is 5.91 Å². The van der Waals surface area contributed by atoms with E-state index in [2.05, 4.69) is 28.6 Å². The van der Waals surface area contributed by atoms with Gasteiger partial charge in [0.05, 0.1) is 16.3 Å². The van der Waals surface area contributed by atoms with Crippen LogP contribution in [0.5, 0.6) is 0 Å². The van der Waals surface area contributed by atoms with Gasteiger partial charge in [0, 0.05) is 11.6 Å². The third kappa shape index (κ3) is 3.26. The molecule has 1 aliphatic rings. The average molecular weight is 337 g/mol. The third-order valence-electron chi connectivity index (χ3n) is 4.26. The number of para-hydroxylation sites is 1. The molecule has 122 valence electrons. The molecule has 1 amide bonds. The number of carbonyl (C=O) groups is 1. The molecule has 0 spiro atoms. The molecule has 5 heteroatoms. The number of hydrogen-bond acceptors (Lipinski definition) is 4. The second-order valence-corrected chi connectivity index (χ2v) is 7.27. The van der Waals surface area contributed by atoms with E-state index in [1.807, 2.05) is 42.5 Å². The lowest BCUT2D eigenvalue weighted by Gasteiger charge is -2.14. The molecule has 2 aromatic carbocycles. The van der Waals surface area contributed by atoms with E-state index in [0.29, 0.717) is 0 Å². The fourth-order valence-electron chi connectivity index (χ4n) is 2.65. The average Bonchev–Trinajstić information content (AvgIpc) is 3.36. The maximum absolute atomic E-state index is 11.8. The van der Waals surface area contributed by atoms with Crippen LogP contribution < -0.4 is 10.6 Å². The summed E-state index contributed by atoms with van der Waals surface area (Å²) in [5.41, 5.74) is 3.05. The first-order chi connectivity index (χ1) is 11.7. The number of rotatable bonds is 5. The quantitative estimate of drug-likeness (QED) is 0.702. The Labute approximate surface area is 144 Å². The molecule has 1 aromatic heterocycles. The molecule has 24 heavy (non-hydrogen) atoms. The van der Waals surface area contributed by atoms with Crippen LogP contribution >= 0.6 is 11.3 Å². The number of thiazole rings is 1. The van der Waals surface area contributed by atoms with E-state index in [9.17, 15) is 4.79 Å². The SMILES string of the molecule is CC(Nc1nc2ccccc2s1)c1ccc(NC(=O)C2CC2)cc1. The summed E-state index contributed by atoms with van der Waals surface area (Å²) in [6.07, 6.45) is 2.04. The molecule has 3 aromatic rings. The van der Waals surface area contributed by atoms with Crippen molar-refractivity contribution >= 4 is 38.3 Å². The van der Waals surface area contributed by atoms with Gasteiger partial charge in [0.1, 0.15) is 0 Å². The first kappa shape index (κ1) is 15.1. The normalized spacial score (nSPS) is 15.2. The molecule has 0 saturated heterocycles. The lowest BCUT2D eigenvalue weighted by atomic mass is 10.1. The largest absolute Gasteiger partial charge is 0.355 e. The summed E-state index contributed by atoms with van der Waals surface area (Å²) in [5, 5.41) is 7.35. The van der Waals surface area contributed by atoms with Crippen molar-refractivity contribution < 1.29 is 4.79 Å². The molecular weight excluding hydrogens is 318 g/mol. The van der Waals surface area contributed by atoms with Crippen LogP contribution in [0.1, 0.15) is 31.4 Å². The van der Waals surface area contributed by atoms with Gasteiger partial charge < -0.3 is 10.6 Å². The molecule has 0 bridgehead atoms. The smallest absolute Gasteiger partial charge is 0.227 e. The van der Waals surface area contributed by atoms with Gasteiger partial charge in [-0.05, 0) is 49.6 Å². The van der Waals surface area contributed by atoms with Crippen molar-refractivity contribution in [2.24, 2.45) is 5.92 Å². The number of carbonyl (C=O) groups excluding carboxylic acids is 1. The number of benzene rings is 2. The Bertz CT molecular complexity index is 835. The van der Waals surface area contributed by atoms with Crippen LogP contribution in [0.15, 0.2) is 48.5 Å². The molecule has 0 radical (unpaired) electrons. The molecule has 1 heterocycles. The number of amides is 1. The van der Waals surface area contributed by atoms with Crippen LogP contribution in [0.3, 0.4) is 0 Å². The van der Waals surface area contributed by atoms with Gasteiger partial charge in [-0.2, -0.15) is 0 Å². The molecule has 4 nitrogen and oxygen atoms in total. The predicted molar refractivity (Wildman–Crippen MR) is 99.5 cm³/mol. The van der Waals surface area contributed by atoms with Gasteiger partial charge in [-0.3, -0.25) is 4.79 Å². The van der Waals surface area contributed by atoms with E-state index in [0.717, 1.165) is 29.2 Å². The van der Waals surface area contributed by atoms with Gasteiger partial charge in [-0.15, -0.1) is 0 Å². The minimum Gasteiger partial charge on any atom is -0.355 e. The van der Waals surface area contributed by atoms with E-state index in [1.165, 1.54) is 10.3 Å². The maximum Gasteiger partial charge on any atom is 0.227 e. The first-order valence-corrected chi connectivity index (χ1v) is 9.03. The number of hydrogen-bond donors (Lipinski definition) is 2. The fraction of sp³-hybridized carbons (Fsp3) is 0.263. The van der Waals surface area contributed by atoms with E-state index in [1.54, 1.807) is 11.3 Å². The monoisotopic (exact) mass is 337 g/mol. The van der Waals surface area contributed by atoms with Crippen molar-refractivity contribution in [3.8, 4) is 0 Å². The van der Waals surface area contributed by atoms with Gasteiger partial charge in [-0.25, -0.2) is 4.98 Å². The molecule has 1 atom stereocenters. The molecule has 1 saturated carbocycles. The summed E-state index contributed by atoms with van der Waals surface area (Å²) in [6, 6.07) is 16.3. The highest BCUT2D eigenvalue weighted by molar-refractivity contribution is 7.22. The highest BCUT2D eigenvalue weighted by Gasteiger charge is 2.29. The van der Waals surface area contributed by atoms with E-state index < -0.39 is 0 Å². The van der Waals surface area contributed by atoms with Crippen LogP contribution in [0.25, 0.3) is 10.2 Å². The lowest BCUT2D eigenvalue weighted by Crippen LogP contribution is -2.13. The topological polar surface area (TPSA) is 54.0 Å². The minimum atomic E-state index is 0.142. The van der Waals surface area contributed by atoms with Crippen LogP contribution in [-0.4, -0.2) is 10.9 Å². The fourth-order valence-corrected chi connectivity index (χ4v) is 3.60. The molecule has 2 N–H and O–H groups in total. The third-order valence-corrected chi connectivity index (χ3v) is 5.23. The zero-order chi connectivity index (χ0) is 16.5.